The van der Waals surface area contributed by atoms with Crippen LogP contribution >= 0.6 is 0 Å². The Labute approximate surface area is 168 Å². The van der Waals surface area contributed by atoms with Gasteiger partial charge in [-0.05, 0) is 30.3 Å². The summed E-state index contributed by atoms with van der Waals surface area (Å²) >= 11 is 0. The summed E-state index contributed by atoms with van der Waals surface area (Å²) in [5, 5.41) is 15.4. The first-order valence-corrected chi connectivity index (χ1v) is 8.89. The van der Waals surface area contributed by atoms with Crippen molar-refractivity contribution in [1.82, 2.24) is 20.3 Å². The second-order valence-corrected chi connectivity index (χ2v) is 6.32. The maximum absolute atomic E-state index is 14.1. The Morgan fingerprint density at radius 3 is 2.57 bits per heavy atom. The number of likely N-dealkylation sites (N-methyl/N-ethyl adjacent to an activating group) is 1. The number of anilines is 1. The molecule has 11 heteroatoms. The van der Waals surface area contributed by atoms with Crippen LogP contribution in [0.25, 0.3) is 11.0 Å². The Hall–Kier alpha value is -3.34. The van der Waals surface area contributed by atoms with Crippen molar-refractivity contribution in [2.24, 2.45) is 0 Å². The average Bonchev–Trinajstić information content (AvgIpc) is 2.69. The molecule has 7 nitrogen and oxygen atoms in total. The van der Waals surface area contributed by atoms with Gasteiger partial charge in [-0.3, -0.25) is 4.98 Å². The van der Waals surface area contributed by atoms with Gasteiger partial charge in [0.15, 0.2) is 5.82 Å². The van der Waals surface area contributed by atoms with Crippen molar-refractivity contribution >= 4 is 22.8 Å². The number of aromatic carboxylic acids is 1. The molecule has 0 amide bonds. The first-order chi connectivity index (χ1) is 14.2. The molecule has 0 aliphatic rings. The van der Waals surface area contributed by atoms with Crippen molar-refractivity contribution in [2.45, 2.75) is 19.1 Å². The predicted octanol–water partition coefficient (Wildman–Crippen LogP) is 3.64. The molecule has 0 bridgehead atoms. The summed E-state index contributed by atoms with van der Waals surface area (Å²) in [5.74, 6) is -2.41. The summed E-state index contributed by atoms with van der Waals surface area (Å²) in [5.41, 5.74) is -0.903. The number of carboxylic acids is 1. The summed E-state index contributed by atoms with van der Waals surface area (Å²) in [6, 6.07) is 3.31. The molecule has 0 spiro atoms. The van der Waals surface area contributed by atoms with Crippen LogP contribution in [-0.2, 0) is 6.18 Å². The summed E-state index contributed by atoms with van der Waals surface area (Å²) in [6.45, 7) is 2.64. The van der Waals surface area contributed by atoms with Crippen LogP contribution in [0, 0.1) is 5.82 Å². The maximum Gasteiger partial charge on any atom is 0.419 e. The third-order valence-electron chi connectivity index (χ3n) is 4.36. The monoisotopic (exact) mass is 423 g/mol. The third-order valence-corrected chi connectivity index (χ3v) is 4.36. The minimum Gasteiger partial charge on any atom is -0.478 e. The van der Waals surface area contributed by atoms with Crippen molar-refractivity contribution in [1.29, 1.82) is 0 Å². The molecule has 30 heavy (non-hydrogen) atoms. The van der Waals surface area contributed by atoms with E-state index in [1.807, 2.05) is 6.92 Å². The summed E-state index contributed by atoms with van der Waals surface area (Å²) in [6.07, 6.45) is -2.36. The van der Waals surface area contributed by atoms with E-state index in [4.69, 9.17) is 0 Å². The first-order valence-electron chi connectivity index (χ1n) is 8.89. The van der Waals surface area contributed by atoms with E-state index in [-0.39, 0.29) is 34.5 Å². The number of hydrogen-bond acceptors (Lipinski definition) is 6. The van der Waals surface area contributed by atoms with E-state index in [0.717, 1.165) is 12.4 Å². The Morgan fingerprint density at radius 1 is 1.17 bits per heavy atom. The van der Waals surface area contributed by atoms with Crippen LogP contribution in [0.5, 0.6) is 0 Å². The number of aromatic nitrogens is 3. The molecular weight excluding hydrogens is 406 g/mol. The highest BCUT2D eigenvalue weighted by molar-refractivity contribution is 6.02. The number of alkyl halides is 3. The van der Waals surface area contributed by atoms with Gasteiger partial charge >= 0.3 is 12.1 Å². The summed E-state index contributed by atoms with van der Waals surface area (Å²) in [7, 11) is 0. The van der Waals surface area contributed by atoms with E-state index >= 15 is 0 Å². The summed E-state index contributed by atoms with van der Waals surface area (Å²) in [4.78, 5) is 23.6. The van der Waals surface area contributed by atoms with Crippen molar-refractivity contribution in [3.63, 3.8) is 0 Å². The predicted molar refractivity (Wildman–Crippen MR) is 101 cm³/mol. The number of nitrogens with zero attached hydrogens (tertiary/aromatic N) is 3. The lowest BCUT2D eigenvalue weighted by atomic mass is 10.0. The van der Waals surface area contributed by atoms with Gasteiger partial charge in [-0.2, -0.15) is 13.2 Å². The van der Waals surface area contributed by atoms with Crippen molar-refractivity contribution in [2.75, 3.05) is 18.4 Å². The van der Waals surface area contributed by atoms with Gasteiger partial charge in [0.25, 0.3) is 0 Å². The number of hydrogen-bond donors (Lipinski definition) is 3. The highest BCUT2D eigenvalue weighted by atomic mass is 19.4. The molecule has 0 saturated heterocycles. The van der Waals surface area contributed by atoms with Crippen LogP contribution in [-0.4, -0.2) is 39.1 Å². The number of pyridine rings is 1. The van der Waals surface area contributed by atoms with E-state index in [2.05, 4.69) is 25.6 Å². The number of nitrogens with one attached hydrogen (secondary N) is 2. The molecule has 1 aromatic carbocycles. The van der Waals surface area contributed by atoms with Crippen LogP contribution in [0.4, 0.5) is 23.4 Å². The molecule has 0 unspecified atom stereocenters. The van der Waals surface area contributed by atoms with Gasteiger partial charge in [-0.25, -0.2) is 19.2 Å². The van der Waals surface area contributed by atoms with Crippen LogP contribution < -0.4 is 10.6 Å². The molecule has 158 valence electrons. The maximum atomic E-state index is 14.1. The number of fused-ring (bicyclic) bond motifs is 1. The first kappa shape index (κ1) is 21.4. The Morgan fingerprint density at radius 2 is 1.93 bits per heavy atom. The number of carbonyl (C=O) groups is 1. The Bertz CT molecular complexity index is 1070. The number of benzene rings is 1. The van der Waals surface area contributed by atoms with E-state index in [1.54, 1.807) is 0 Å². The van der Waals surface area contributed by atoms with Crippen LogP contribution in [0.2, 0.25) is 0 Å². The van der Waals surface area contributed by atoms with E-state index in [9.17, 15) is 27.5 Å². The molecule has 3 N–H and O–H groups in total. The fourth-order valence-corrected chi connectivity index (χ4v) is 2.93. The van der Waals surface area contributed by atoms with Gasteiger partial charge < -0.3 is 15.7 Å². The lowest BCUT2D eigenvalue weighted by Gasteiger charge is -2.21. The number of carboxylic acid groups (broad SMARTS) is 1. The van der Waals surface area contributed by atoms with Crippen molar-refractivity contribution in [3.8, 4) is 0 Å². The van der Waals surface area contributed by atoms with E-state index < -0.39 is 29.6 Å². The van der Waals surface area contributed by atoms with Gasteiger partial charge in [0.2, 0.25) is 0 Å². The molecule has 0 aliphatic carbocycles. The highest BCUT2D eigenvalue weighted by Crippen LogP contribution is 2.33. The molecule has 0 aliphatic heterocycles. The standard InChI is InChI=1S/C19H17F4N5O2/c1-2-24-8-14(10-3-4-12(13(20)7-10)19(21,22)23)28-17-16-15(26-9-27-17)11(18(29)30)5-6-25-16/h3-7,9,14,24H,2,8H2,1H3,(H,29,30)(H,26,27,28)/t14-/m1/s1. The molecule has 2 aromatic heterocycles. The van der Waals surface area contributed by atoms with Gasteiger partial charge in [-0.1, -0.05) is 13.0 Å². The number of halogens is 4. The second kappa shape index (κ2) is 8.57. The zero-order chi connectivity index (χ0) is 21.9. The molecule has 0 radical (unpaired) electrons. The zero-order valence-corrected chi connectivity index (χ0v) is 15.7. The second-order valence-electron chi connectivity index (χ2n) is 6.32. The average molecular weight is 423 g/mol. The lowest BCUT2D eigenvalue weighted by Crippen LogP contribution is -2.27. The molecule has 2 heterocycles. The number of rotatable bonds is 7. The molecule has 3 rings (SSSR count). The van der Waals surface area contributed by atoms with E-state index in [0.29, 0.717) is 12.6 Å². The lowest BCUT2D eigenvalue weighted by molar-refractivity contribution is -0.140. The normalized spacial score (nSPS) is 12.7. The minimum atomic E-state index is -4.80. The SMILES string of the molecule is CCNC[C@@H](Nc1ncnc2c(C(=O)O)ccnc12)c1ccc(C(F)(F)F)c(F)c1. The third kappa shape index (κ3) is 4.46. The summed E-state index contributed by atoms with van der Waals surface area (Å²) < 4.78 is 52.7. The molecular formula is C19H17F4N5O2. The zero-order valence-electron chi connectivity index (χ0n) is 15.7. The highest BCUT2D eigenvalue weighted by Gasteiger charge is 2.34. The quantitative estimate of drug-likeness (QED) is 0.499. The van der Waals surface area contributed by atoms with Gasteiger partial charge in [0.05, 0.1) is 17.2 Å². The van der Waals surface area contributed by atoms with Gasteiger partial charge in [0.1, 0.15) is 23.2 Å². The minimum absolute atomic E-state index is 0.0748. The molecule has 0 saturated carbocycles. The van der Waals surface area contributed by atoms with Crippen LogP contribution in [0.1, 0.15) is 34.5 Å². The topological polar surface area (TPSA) is 100 Å². The molecule has 0 fully saturated rings. The van der Waals surface area contributed by atoms with Crippen molar-refractivity contribution in [3.05, 3.63) is 59.3 Å². The van der Waals surface area contributed by atoms with Crippen molar-refractivity contribution < 1.29 is 27.5 Å². The fourth-order valence-electron chi connectivity index (χ4n) is 2.93. The Balaban J connectivity index is 2.01. The fraction of sp³-hybridized carbons (Fsp3) is 0.263. The largest absolute Gasteiger partial charge is 0.478 e. The van der Waals surface area contributed by atoms with Crippen LogP contribution in [0.3, 0.4) is 0 Å². The van der Waals surface area contributed by atoms with Gasteiger partial charge in [0, 0.05) is 12.7 Å². The smallest absolute Gasteiger partial charge is 0.419 e. The molecule has 1 atom stereocenters. The molecule has 3 aromatic rings. The van der Waals surface area contributed by atoms with E-state index in [1.165, 1.54) is 18.3 Å². The Kier molecular flexibility index (Phi) is 6.11. The van der Waals surface area contributed by atoms with Gasteiger partial charge in [-0.15, -0.1) is 0 Å². The van der Waals surface area contributed by atoms with Crippen LogP contribution in [0.15, 0.2) is 36.8 Å².